The maximum atomic E-state index is 2.43. The van der Waals surface area contributed by atoms with Gasteiger partial charge < -0.3 is 0 Å². The predicted molar refractivity (Wildman–Crippen MR) is 113 cm³/mol. The van der Waals surface area contributed by atoms with Crippen LogP contribution in [0.25, 0.3) is 0 Å². The quantitative estimate of drug-likeness (QED) is 0.447. The minimum atomic E-state index is 1.01. The molecule has 3 saturated carbocycles. The topological polar surface area (TPSA) is 0 Å². The van der Waals surface area contributed by atoms with Gasteiger partial charge in [-0.25, -0.2) is 0 Å². The Labute approximate surface area is 155 Å². The maximum Gasteiger partial charge on any atom is -0.0383 e. The molecule has 0 nitrogen and oxygen atoms in total. The summed E-state index contributed by atoms with van der Waals surface area (Å²) in [7, 11) is 0. The SMILES string of the molecule is CC.CC.CC1CCC(C2CCCCC2)C1.CC1CCCC(C)C1. The molecule has 146 valence electrons. The molecule has 0 aliphatic heterocycles. The minimum absolute atomic E-state index is 1.01. The van der Waals surface area contributed by atoms with Crippen molar-refractivity contribution in [3.05, 3.63) is 0 Å². The maximum absolute atomic E-state index is 2.43. The van der Waals surface area contributed by atoms with Gasteiger partial charge in [-0.2, -0.15) is 0 Å². The van der Waals surface area contributed by atoms with Crippen molar-refractivity contribution in [3.63, 3.8) is 0 Å². The van der Waals surface area contributed by atoms with Crippen LogP contribution in [0.1, 0.15) is 126 Å². The molecule has 0 heteroatoms. The van der Waals surface area contributed by atoms with Crippen LogP contribution in [0.3, 0.4) is 0 Å². The van der Waals surface area contributed by atoms with Crippen LogP contribution in [0.2, 0.25) is 0 Å². The van der Waals surface area contributed by atoms with E-state index in [0.29, 0.717) is 0 Å². The van der Waals surface area contributed by atoms with E-state index in [9.17, 15) is 0 Å². The summed E-state index contributed by atoms with van der Waals surface area (Å²) in [6.07, 6.45) is 18.2. The van der Waals surface area contributed by atoms with Crippen LogP contribution < -0.4 is 0 Å². The molecule has 0 saturated heterocycles. The van der Waals surface area contributed by atoms with Crippen molar-refractivity contribution in [3.8, 4) is 0 Å². The summed E-state index contributed by atoms with van der Waals surface area (Å²) < 4.78 is 0. The number of hydrogen-bond donors (Lipinski definition) is 0. The number of hydrogen-bond acceptors (Lipinski definition) is 0. The monoisotopic (exact) mass is 338 g/mol. The molecule has 3 fully saturated rings. The van der Waals surface area contributed by atoms with E-state index in [4.69, 9.17) is 0 Å². The molecule has 0 amide bonds. The molecule has 4 atom stereocenters. The van der Waals surface area contributed by atoms with Gasteiger partial charge in [0.1, 0.15) is 0 Å². The Bertz CT molecular complexity index is 240. The average Bonchev–Trinajstić information content (AvgIpc) is 3.06. The zero-order chi connectivity index (χ0) is 18.4. The van der Waals surface area contributed by atoms with E-state index in [0.717, 1.165) is 29.6 Å². The number of rotatable bonds is 1. The fourth-order valence-corrected chi connectivity index (χ4v) is 5.02. The summed E-state index contributed by atoms with van der Waals surface area (Å²) in [5.41, 5.74) is 0. The molecule has 3 rings (SSSR count). The third-order valence-corrected chi connectivity index (χ3v) is 6.25. The Hall–Kier alpha value is 0. The summed E-state index contributed by atoms with van der Waals surface area (Å²) in [6, 6.07) is 0. The van der Waals surface area contributed by atoms with Gasteiger partial charge in [0, 0.05) is 0 Å². The summed E-state index contributed by atoms with van der Waals surface area (Å²) in [5, 5.41) is 0. The van der Waals surface area contributed by atoms with Crippen molar-refractivity contribution in [2.45, 2.75) is 126 Å². The third-order valence-electron chi connectivity index (χ3n) is 6.25. The predicted octanol–water partition coefficient (Wildman–Crippen LogP) is 8.89. The summed E-state index contributed by atoms with van der Waals surface area (Å²) in [5.74, 6) is 5.32. The second kappa shape index (κ2) is 15.3. The highest BCUT2D eigenvalue weighted by atomic mass is 14.3. The van der Waals surface area contributed by atoms with E-state index in [1.807, 2.05) is 27.7 Å². The second-order valence-electron chi connectivity index (χ2n) is 8.45. The molecule has 0 heterocycles. The Morgan fingerprint density at radius 2 is 0.917 bits per heavy atom. The lowest BCUT2D eigenvalue weighted by atomic mass is 9.79. The Balaban J connectivity index is 0.000000385. The Morgan fingerprint density at radius 3 is 1.29 bits per heavy atom. The van der Waals surface area contributed by atoms with Crippen LogP contribution in [0.5, 0.6) is 0 Å². The van der Waals surface area contributed by atoms with Gasteiger partial charge in [-0.1, -0.05) is 106 Å². The van der Waals surface area contributed by atoms with E-state index < -0.39 is 0 Å². The summed E-state index contributed by atoms with van der Waals surface area (Å²) >= 11 is 0. The molecule has 0 aromatic rings. The van der Waals surface area contributed by atoms with Crippen LogP contribution >= 0.6 is 0 Å². The van der Waals surface area contributed by atoms with Crippen LogP contribution in [0.15, 0.2) is 0 Å². The molecular weight excluding hydrogens is 288 g/mol. The third kappa shape index (κ3) is 10.1. The van der Waals surface area contributed by atoms with Crippen molar-refractivity contribution in [2.75, 3.05) is 0 Å². The highest BCUT2D eigenvalue weighted by Crippen LogP contribution is 2.41. The molecular formula is C24H50. The van der Waals surface area contributed by atoms with Gasteiger partial charge in [0.05, 0.1) is 0 Å². The molecule has 4 unspecified atom stereocenters. The smallest absolute Gasteiger partial charge is 0.0383 e. The van der Waals surface area contributed by atoms with Crippen molar-refractivity contribution in [1.29, 1.82) is 0 Å². The van der Waals surface area contributed by atoms with Gasteiger partial charge in [-0.15, -0.1) is 0 Å². The highest BCUT2D eigenvalue weighted by Gasteiger charge is 2.29. The normalized spacial score (nSPS) is 33.1. The highest BCUT2D eigenvalue weighted by molar-refractivity contribution is 4.80. The zero-order valence-corrected chi connectivity index (χ0v) is 18.4. The second-order valence-corrected chi connectivity index (χ2v) is 8.45. The average molecular weight is 339 g/mol. The fourth-order valence-electron chi connectivity index (χ4n) is 5.02. The first-order chi connectivity index (χ1) is 11.6. The molecule has 3 aliphatic carbocycles. The van der Waals surface area contributed by atoms with E-state index in [2.05, 4.69) is 20.8 Å². The lowest BCUT2D eigenvalue weighted by Gasteiger charge is -2.27. The zero-order valence-electron chi connectivity index (χ0n) is 18.4. The first-order valence-corrected chi connectivity index (χ1v) is 11.6. The van der Waals surface area contributed by atoms with Gasteiger partial charge in [-0.3, -0.25) is 0 Å². The van der Waals surface area contributed by atoms with Crippen LogP contribution in [-0.2, 0) is 0 Å². The van der Waals surface area contributed by atoms with Gasteiger partial charge in [0.25, 0.3) is 0 Å². The lowest BCUT2D eigenvalue weighted by Crippen LogP contribution is -2.15. The van der Waals surface area contributed by atoms with Crippen molar-refractivity contribution in [1.82, 2.24) is 0 Å². The van der Waals surface area contributed by atoms with E-state index >= 15 is 0 Å². The minimum Gasteiger partial charge on any atom is -0.0683 e. The van der Waals surface area contributed by atoms with E-state index in [-0.39, 0.29) is 0 Å². The summed E-state index contributed by atoms with van der Waals surface area (Å²) in [6.45, 7) is 15.2. The Morgan fingerprint density at radius 1 is 0.417 bits per heavy atom. The van der Waals surface area contributed by atoms with Gasteiger partial charge in [-0.05, 0) is 48.9 Å². The van der Waals surface area contributed by atoms with Crippen LogP contribution in [0.4, 0.5) is 0 Å². The van der Waals surface area contributed by atoms with E-state index in [1.54, 1.807) is 25.7 Å². The molecule has 0 radical (unpaired) electrons. The molecule has 24 heavy (non-hydrogen) atoms. The van der Waals surface area contributed by atoms with Gasteiger partial charge in [0.2, 0.25) is 0 Å². The van der Waals surface area contributed by atoms with Gasteiger partial charge >= 0.3 is 0 Å². The van der Waals surface area contributed by atoms with Crippen molar-refractivity contribution >= 4 is 0 Å². The van der Waals surface area contributed by atoms with Crippen LogP contribution in [0, 0.1) is 29.6 Å². The largest absolute Gasteiger partial charge is 0.0683 e. The molecule has 0 aromatic heterocycles. The van der Waals surface area contributed by atoms with Crippen LogP contribution in [-0.4, -0.2) is 0 Å². The Kier molecular flexibility index (Phi) is 15.3. The lowest BCUT2D eigenvalue weighted by molar-refractivity contribution is 0.247. The first kappa shape index (κ1) is 24.0. The van der Waals surface area contributed by atoms with Gasteiger partial charge in [0.15, 0.2) is 0 Å². The van der Waals surface area contributed by atoms with E-state index in [1.165, 1.54) is 51.4 Å². The standard InChI is InChI=1S/C12H22.C8H16.2C2H6/c1-10-7-8-12(9-10)11-5-3-2-4-6-11;1-7-4-3-5-8(2)6-7;2*1-2/h10-12H,2-9H2,1H3;7-8H,3-6H2,1-2H3;2*1-2H3. The first-order valence-electron chi connectivity index (χ1n) is 11.6. The molecule has 0 spiro atoms. The molecule has 3 aliphatic rings. The van der Waals surface area contributed by atoms with Crippen molar-refractivity contribution in [2.24, 2.45) is 29.6 Å². The molecule has 0 N–H and O–H groups in total. The fraction of sp³-hybridized carbons (Fsp3) is 1.00. The van der Waals surface area contributed by atoms with Crippen molar-refractivity contribution < 1.29 is 0 Å². The summed E-state index contributed by atoms with van der Waals surface area (Å²) in [4.78, 5) is 0. The molecule has 0 bridgehead atoms. The molecule has 0 aromatic carbocycles.